The molecule has 0 unspecified atom stereocenters. The van der Waals surface area contributed by atoms with Crippen molar-refractivity contribution in [2.75, 3.05) is 13.1 Å². The van der Waals surface area contributed by atoms with E-state index in [0.717, 1.165) is 11.3 Å². The number of fused-ring (bicyclic) bond motifs is 1. The van der Waals surface area contributed by atoms with Crippen LogP contribution < -0.4 is 0 Å². The van der Waals surface area contributed by atoms with E-state index in [1.807, 2.05) is 6.92 Å². The fourth-order valence-corrected chi connectivity index (χ4v) is 5.47. The lowest BCUT2D eigenvalue weighted by Gasteiger charge is -2.32. The highest BCUT2D eigenvalue weighted by Crippen LogP contribution is 2.31. The Bertz CT molecular complexity index is 1180. The van der Waals surface area contributed by atoms with Gasteiger partial charge in [0.25, 0.3) is 0 Å². The first-order valence-electron chi connectivity index (χ1n) is 9.52. The van der Waals surface area contributed by atoms with Gasteiger partial charge in [0.1, 0.15) is 11.6 Å². The maximum atomic E-state index is 13.5. The van der Waals surface area contributed by atoms with Crippen LogP contribution in [0.2, 0.25) is 0 Å². The van der Waals surface area contributed by atoms with E-state index in [9.17, 15) is 17.6 Å². The fourth-order valence-electron chi connectivity index (χ4n) is 4.00. The first-order chi connectivity index (χ1) is 13.8. The molecule has 0 saturated carbocycles. The van der Waals surface area contributed by atoms with Gasteiger partial charge in [-0.3, -0.25) is 4.79 Å². The molecular weight excluding hydrogens is 393 g/mol. The van der Waals surface area contributed by atoms with Gasteiger partial charge >= 0.3 is 0 Å². The van der Waals surface area contributed by atoms with Crippen LogP contribution in [0.25, 0.3) is 11.0 Å². The Morgan fingerprint density at radius 3 is 2.38 bits per heavy atom. The van der Waals surface area contributed by atoms with E-state index in [0.29, 0.717) is 37.0 Å². The minimum Gasteiger partial charge on any atom is -0.325 e. The minimum absolute atomic E-state index is 0.0995. The number of ketones is 1. The van der Waals surface area contributed by atoms with Crippen molar-refractivity contribution < 1.29 is 17.6 Å². The van der Waals surface area contributed by atoms with Crippen LogP contribution in [0.4, 0.5) is 4.39 Å². The molecule has 0 atom stereocenters. The van der Waals surface area contributed by atoms with Crippen molar-refractivity contribution in [3.63, 3.8) is 0 Å². The van der Waals surface area contributed by atoms with E-state index in [1.54, 1.807) is 18.2 Å². The molecule has 2 aromatic carbocycles. The molecule has 3 aromatic rings. The molecule has 0 spiro atoms. The van der Waals surface area contributed by atoms with Crippen molar-refractivity contribution in [2.45, 2.75) is 37.6 Å². The molecule has 0 bridgehead atoms. The maximum absolute atomic E-state index is 13.5. The molecule has 152 valence electrons. The molecule has 0 aliphatic carbocycles. The molecular formula is C21H22FN3O3S. The van der Waals surface area contributed by atoms with Crippen LogP contribution in [0, 0.1) is 12.7 Å². The first kappa shape index (κ1) is 19.7. The molecule has 0 amide bonds. The SMILES string of the molecule is CC(=O)c1ccc(S(=O)(=O)N2CCC(n3c(C)nc4cc(F)ccc43)CC2)cc1. The summed E-state index contributed by atoms with van der Waals surface area (Å²) in [4.78, 5) is 16.1. The number of nitrogens with zero attached hydrogens (tertiary/aromatic N) is 3. The van der Waals surface area contributed by atoms with E-state index in [4.69, 9.17) is 0 Å². The van der Waals surface area contributed by atoms with Gasteiger partial charge in [-0.05, 0) is 51.0 Å². The van der Waals surface area contributed by atoms with E-state index >= 15 is 0 Å². The monoisotopic (exact) mass is 415 g/mol. The molecule has 8 heteroatoms. The molecule has 29 heavy (non-hydrogen) atoms. The predicted molar refractivity (Wildman–Crippen MR) is 108 cm³/mol. The summed E-state index contributed by atoms with van der Waals surface area (Å²) < 4.78 is 43.0. The largest absolute Gasteiger partial charge is 0.325 e. The van der Waals surface area contributed by atoms with E-state index in [1.165, 1.54) is 35.5 Å². The highest BCUT2D eigenvalue weighted by molar-refractivity contribution is 7.89. The Morgan fingerprint density at radius 1 is 1.10 bits per heavy atom. The third-order valence-corrected chi connectivity index (χ3v) is 7.43. The van der Waals surface area contributed by atoms with Crippen LogP contribution >= 0.6 is 0 Å². The molecule has 6 nitrogen and oxygen atoms in total. The zero-order valence-electron chi connectivity index (χ0n) is 16.3. The molecule has 1 aliphatic heterocycles. The molecule has 1 aliphatic rings. The number of Topliss-reactive ketones (excluding diaryl/α,β-unsaturated/α-hetero) is 1. The van der Waals surface area contributed by atoms with Crippen molar-refractivity contribution >= 4 is 26.8 Å². The lowest BCUT2D eigenvalue weighted by molar-refractivity contribution is 0.101. The number of aromatic nitrogens is 2. The molecule has 0 radical (unpaired) electrons. The van der Waals surface area contributed by atoms with E-state index in [2.05, 4.69) is 9.55 Å². The van der Waals surface area contributed by atoms with Gasteiger partial charge in [0.15, 0.2) is 5.78 Å². The number of imidazole rings is 1. The zero-order valence-corrected chi connectivity index (χ0v) is 17.1. The number of halogens is 1. The lowest BCUT2D eigenvalue weighted by atomic mass is 10.1. The molecule has 1 aromatic heterocycles. The Labute approximate surface area is 169 Å². The number of carbonyl (C=O) groups is 1. The van der Waals surface area contributed by atoms with Gasteiger partial charge in [0.05, 0.1) is 15.9 Å². The Hall–Kier alpha value is -2.58. The van der Waals surface area contributed by atoms with Gasteiger partial charge in [-0.15, -0.1) is 0 Å². The summed E-state index contributed by atoms with van der Waals surface area (Å²) in [5.74, 6) is 0.378. The van der Waals surface area contributed by atoms with Crippen molar-refractivity contribution in [3.8, 4) is 0 Å². The number of hydrogen-bond acceptors (Lipinski definition) is 4. The second-order valence-electron chi connectivity index (χ2n) is 7.38. The number of benzene rings is 2. The summed E-state index contributed by atoms with van der Waals surface area (Å²) in [7, 11) is -3.61. The number of carbonyl (C=O) groups excluding carboxylic acids is 1. The van der Waals surface area contributed by atoms with E-state index < -0.39 is 10.0 Å². The Morgan fingerprint density at radius 2 is 1.76 bits per heavy atom. The van der Waals surface area contributed by atoms with Crippen LogP contribution in [0.3, 0.4) is 0 Å². The molecule has 4 rings (SSSR count). The van der Waals surface area contributed by atoms with Crippen LogP contribution in [-0.2, 0) is 10.0 Å². The summed E-state index contributed by atoms with van der Waals surface area (Å²) >= 11 is 0. The third-order valence-electron chi connectivity index (χ3n) is 5.52. The Balaban J connectivity index is 1.53. The molecule has 2 heterocycles. The fraction of sp³-hybridized carbons (Fsp3) is 0.333. The van der Waals surface area contributed by atoms with Crippen molar-refractivity contribution in [1.29, 1.82) is 0 Å². The van der Waals surface area contributed by atoms with Crippen LogP contribution in [0.15, 0.2) is 47.4 Å². The van der Waals surface area contributed by atoms with Crippen LogP contribution in [0.1, 0.15) is 42.0 Å². The van der Waals surface area contributed by atoms with Crippen LogP contribution in [-0.4, -0.2) is 41.1 Å². The maximum Gasteiger partial charge on any atom is 0.243 e. The molecule has 1 saturated heterocycles. The highest BCUT2D eigenvalue weighted by Gasteiger charge is 2.31. The van der Waals surface area contributed by atoms with Crippen molar-refractivity contribution in [2.24, 2.45) is 0 Å². The minimum atomic E-state index is -3.61. The van der Waals surface area contributed by atoms with E-state index in [-0.39, 0.29) is 22.5 Å². The number of rotatable bonds is 4. The lowest BCUT2D eigenvalue weighted by Crippen LogP contribution is -2.39. The van der Waals surface area contributed by atoms with Crippen LogP contribution in [0.5, 0.6) is 0 Å². The topological polar surface area (TPSA) is 72.3 Å². The number of piperidine rings is 1. The van der Waals surface area contributed by atoms with Crippen molar-refractivity contribution in [3.05, 3.63) is 59.7 Å². The first-order valence-corrected chi connectivity index (χ1v) is 11.0. The predicted octanol–water partition coefficient (Wildman–Crippen LogP) is 3.71. The average Bonchev–Trinajstić information content (AvgIpc) is 3.02. The normalized spacial score (nSPS) is 16.4. The quantitative estimate of drug-likeness (QED) is 0.609. The third kappa shape index (κ3) is 3.58. The number of sulfonamides is 1. The summed E-state index contributed by atoms with van der Waals surface area (Å²) in [6, 6.07) is 10.7. The smallest absolute Gasteiger partial charge is 0.243 e. The van der Waals surface area contributed by atoms with Gasteiger partial charge in [-0.25, -0.2) is 17.8 Å². The van der Waals surface area contributed by atoms with Gasteiger partial charge in [-0.2, -0.15) is 4.31 Å². The highest BCUT2D eigenvalue weighted by atomic mass is 32.2. The van der Waals surface area contributed by atoms with Gasteiger partial charge < -0.3 is 4.57 Å². The van der Waals surface area contributed by atoms with Gasteiger partial charge in [0.2, 0.25) is 10.0 Å². The standard InChI is InChI=1S/C21H22FN3O3S/c1-14(26)16-3-6-19(7-4-16)29(27,28)24-11-9-18(10-12-24)25-15(2)23-20-13-17(22)5-8-21(20)25/h3-8,13,18H,9-12H2,1-2H3. The molecule has 0 N–H and O–H groups in total. The second kappa shape index (κ2) is 7.35. The average molecular weight is 415 g/mol. The second-order valence-corrected chi connectivity index (χ2v) is 9.32. The summed E-state index contributed by atoms with van der Waals surface area (Å²) in [6.07, 6.45) is 1.29. The summed E-state index contributed by atoms with van der Waals surface area (Å²) in [5, 5.41) is 0. The number of aryl methyl sites for hydroxylation is 1. The van der Waals surface area contributed by atoms with Crippen molar-refractivity contribution in [1.82, 2.24) is 13.9 Å². The number of hydrogen-bond donors (Lipinski definition) is 0. The van der Waals surface area contributed by atoms with Gasteiger partial charge in [0, 0.05) is 30.8 Å². The summed E-state index contributed by atoms with van der Waals surface area (Å²) in [6.45, 7) is 4.12. The Kier molecular flexibility index (Phi) is 5.00. The molecule has 1 fully saturated rings. The summed E-state index contributed by atoms with van der Waals surface area (Å²) in [5.41, 5.74) is 1.97. The zero-order chi connectivity index (χ0) is 20.8. The van der Waals surface area contributed by atoms with Gasteiger partial charge in [-0.1, -0.05) is 12.1 Å².